The lowest BCUT2D eigenvalue weighted by molar-refractivity contribution is 0.795. The Hall–Kier alpha value is -1.77. The summed E-state index contributed by atoms with van der Waals surface area (Å²) in [7, 11) is 0. The molecule has 0 saturated carbocycles. The molecule has 1 N–H and O–H groups in total. The summed E-state index contributed by atoms with van der Waals surface area (Å²) in [5.74, 6) is 1.20. The molecule has 0 bridgehead atoms. The van der Waals surface area contributed by atoms with E-state index in [1.807, 2.05) is 0 Å². The molecule has 1 aliphatic heterocycles. The van der Waals surface area contributed by atoms with E-state index < -0.39 is 0 Å². The van der Waals surface area contributed by atoms with E-state index in [-0.39, 0.29) is 0 Å². The molecule has 0 fully saturated rings. The van der Waals surface area contributed by atoms with Crippen LogP contribution in [0, 0.1) is 0 Å². The molecule has 19 heavy (non-hydrogen) atoms. The minimum atomic E-state index is 1.04. The molecule has 3 nitrogen and oxygen atoms in total. The van der Waals surface area contributed by atoms with Crippen LogP contribution in [0.25, 0.3) is 5.69 Å². The number of nitrogens with zero attached hydrogens (tertiary/aromatic N) is 2. The number of hydrogen-bond donors (Lipinski definition) is 1. The molecule has 0 unspecified atom stereocenters. The van der Waals surface area contributed by atoms with Crippen LogP contribution in [0.1, 0.15) is 37.1 Å². The Morgan fingerprint density at radius 1 is 1.21 bits per heavy atom. The third kappa shape index (κ3) is 2.14. The van der Waals surface area contributed by atoms with Gasteiger partial charge in [-0.25, -0.2) is 4.68 Å². The molecule has 0 aliphatic carbocycles. The Morgan fingerprint density at radius 3 is 2.68 bits per heavy atom. The van der Waals surface area contributed by atoms with Gasteiger partial charge < -0.3 is 5.32 Å². The number of rotatable bonds is 4. The van der Waals surface area contributed by atoms with Gasteiger partial charge in [0.1, 0.15) is 5.82 Å². The van der Waals surface area contributed by atoms with Crippen molar-refractivity contribution < 1.29 is 0 Å². The zero-order valence-electron chi connectivity index (χ0n) is 11.7. The normalized spacial score (nSPS) is 13.4. The fraction of sp³-hybridized carbons (Fsp3) is 0.438. The first-order valence-electron chi connectivity index (χ1n) is 7.27. The lowest BCUT2D eigenvalue weighted by atomic mass is 10.1. The predicted octanol–water partition coefficient (Wildman–Crippen LogP) is 3.36. The molecule has 0 atom stereocenters. The molecule has 0 saturated heterocycles. The van der Waals surface area contributed by atoms with Gasteiger partial charge in [0.2, 0.25) is 0 Å². The molecule has 1 aromatic heterocycles. The van der Waals surface area contributed by atoms with Crippen LogP contribution in [0.5, 0.6) is 0 Å². The molecule has 100 valence electrons. The number of hydrogen-bond acceptors (Lipinski definition) is 2. The van der Waals surface area contributed by atoms with Gasteiger partial charge in [-0.3, -0.25) is 0 Å². The van der Waals surface area contributed by atoms with Gasteiger partial charge in [0.25, 0.3) is 0 Å². The smallest absolute Gasteiger partial charge is 0.133 e. The highest BCUT2D eigenvalue weighted by molar-refractivity contribution is 5.57. The summed E-state index contributed by atoms with van der Waals surface area (Å²) in [4.78, 5) is 0. The summed E-state index contributed by atoms with van der Waals surface area (Å²) in [5, 5.41) is 8.28. The summed E-state index contributed by atoms with van der Waals surface area (Å²) in [6.45, 7) is 5.43. The molecule has 0 spiro atoms. The summed E-state index contributed by atoms with van der Waals surface area (Å²) < 4.78 is 2.08. The van der Waals surface area contributed by atoms with Crippen molar-refractivity contribution in [1.82, 2.24) is 9.78 Å². The second-order valence-electron chi connectivity index (χ2n) is 5.13. The average molecular weight is 255 g/mol. The van der Waals surface area contributed by atoms with Gasteiger partial charge in [-0.1, -0.05) is 32.4 Å². The summed E-state index contributed by atoms with van der Waals surface area (Å²) in [5.41, 5.74) is 5.21. The first kappa shape index (κ1) is 12.3. The molecule has 0 amide bonds. The molecular weight excluding hydrogens is 234 g/mol. The van der Waals surface area contributed by atoms with Gasteiger partial charge in [-0.2, -0.15) is 5.10 Å². The zero-order chi connectivity index (χ0) is 13.2. The summed E-state index contributed by atoms with van der Waals surface area (Å²) >= 11 is 0. The first-order valence-corrected chi connectivity index (χ1v) is 7.27. The molecule has 3 rings (SSSR count). The van der Waals surface area contributed by atoms with Crippen molar-refractivity contribution in [3.63, 3.8) is 0 Å². The van der Waals surface area contributed by atoms with Crippen LogP contribution >= 0.6 is 0 Å². The maximum Gasteiger partial charge on any atom is 0.133 e. The second-order valence-corrected chi connectivity index (χ2v) is 5.13. The van der Waals surface area contributed by atoms with Crippen LogP contribution < -0.4 is 5.32 Å². The third-order valence-corrected chi connectivity index (χ3v) is 3.81. The molecule has 1 aromatic carbocycles. The molecule has 2 heterocycles. The lowest BCUT2D eigenvalue weighted by Gasteiger charge is -2.07. The number of anilines is 1. The highest BCUT2D eigenvalue weighted by atomic mass is 15.3. The minimum absolute atomic E-state index is 1.04. The monoisotopic (exact) mass is 255 g/mol. The summed E-state index contributed by atoms with van der Waals surface area (Å²) in [6.07, 6.45) is 4.41. The molecule has 0 radical (unpaired) electrons. The van der Waals surface area contributed by atoms with Gasteiger partial charge in [0.05, 0.1) is 11.4 Å². The van der Waals surface area contributed by atoms with Crippen molar-refractivity contribution in [3.05, 3.63) is 41.1 Å². The van der Waals surface area contributed by atoms with E-state index in [1.165, 1.54) is 22.6 Å². The minimum Gasteiger partial charge on any atom is -0.369 e. The Balaban J connectivity index is 2.02. The van der Waals surface area contributed by atoms with E-state index in [2.05, 4.69) is 48.1 Å². The van der Waals surface area contributed by atoms with Gasteiger partial charge in [0.15, 0.2) is 0 Å². The molecule has 1 aliphatic rings. The Kier molecular flexibility index (Phi) is 3.28. The van der Waals surface area contributed by atoms with E-state index in [9.17, 15) is 0 Å². The van der Waals surface area contributed by atoms with Crippen molar-refractivity contribution in [2.45, 2.75) is 39.5 Å². The molecule has 2 aromatic rings. The van der Waals surface area contributed by atoms with Crippen LogP contribution in [-0.2, 0) is 19.3 Å². The van der Waals surface area contributed by atoms with E-state index in [1.54, 1.807) is 0 Å². The fourth-order valence-corrected chi connectivity index (χ4v) is 2.74. The number of aromatic nitrogens is 2. The van der Waals surface area contributed by atoms with Gasteiger partial charge in [0, 0.05) is 12.1 Å². The highest BCUT2D eigenvalue weighted by Gasteiger charge is 2.22. The fourth-order valence-electron chi connectivity index (χ4n) is 2.74. The molecular formula is C16H21N3. The number of fused-ring (bicyclic) bond motifs is 1. The highest BCUT2D eigenvalue weighted by Crippen LogP contribution is 2.29. The van der Waals surface area contributed by atoms with Crippen molar-refractivity contribution in [1.29, 1.82) is 0 Å². The van der Waals surface area contributed by atoms with Gasteiger partial charge in [-0.05, 0) is 37.0 Å². The van der Waals surface area contributed by atoms with Crippen molar-refractivity contribution in [2.24, 2.45) is 0 Å². The first-order chi connectivity index (χ1) is 9.33. The SMILES string of the molecule is CCCc1nn(-c2ccc(CC)cc2)c2c1CCN2. The van der Waals surface area contributed by atoms with E-state index >= 15 is 0 Å². The van der Waals surface area contributed by atoms with Crippen molar-refractivity contribution >= 4 is 5.82 Å². The largest absolute Gasteiger partial charge is 0.369 e. The van der Waals surface area contributed by atoms with E-state index in [4.69, 9.17) is 5.10 Å². The summed E-state index contributed by atoms with van der Waals surface area (Å²) in [6, 6.07) is 8.72. The van der Waals surface area contributed by atoms with Crippen LogP contribution in [0.2, 0.25) is 0 Å². The number of benzene rings is 1. The predicted molar refractivity (Wildman–Crippen MR) is 79.1 cm³/mol. The van der Waals surface area contributed by atoms with Crippen molar-refractivity contribution in [3.8, 4) is 5.69 Å². The van der Waals surface area contributed by atoms with Crippen molar-refractivity contribution in [2.75, 3.05) is 11.9 Å². The van der Waals surface area contributed by atoms with E-state index in [0.717, 1.165) is 37.9 Å². The maximum atomic E-state index is 4.80. The van der Waals surface area contributed by atoms with Crippen LogP contribution in [-0.4, -0.2) is 16.3 Å². The van der Waals surface area contributed by atoms with Gasteiger partial charge in [-0.15, -0.1) is 0 Å². The maximum absolute atomic E-state index is 4.80. The van der Waals surface area contributed by atoms with Crippen LogP contribution in [0.4, 0.5) is 5.82 Å². The van der Waals surface area contributed by atoms with Gasteiger partial charge >= 0.3 is 0 Å². The lowest BCUT2D eigenvalue weighted by Crippen LogP contribution is -2.05. The Morgan fingerprint density at radius 2 is 2.00 bits per heavy atom. The van der Waals surface area contributed by atoms with E-state index in [0.29, 0.717) is 0 Å². The quantitative estimate of drug-likeness (QED) is 0.908. The third-order valence-electron chi connectivity index (χ3n) is 3.81. The Bertz CT molecular complexity index is 566. The molecule has 3 heteroatoms. The average Bonchev–Trinajstić information content (AvgIpc) is 3.03. The number of aryl methyl sites for hydroxylation is 2. The Labute approximate surface area is 114 Å². The topological polar surface area (TPSA) is 29.9 Å². The number of nitrogens with one attached hydrogen (secondary N) is 1. The van der Waals surface area contributed by atoms with Crippen LogP contribution in [0.3, 0.4) is 0 Å². The second kappa shape index (κ2) is 5.08. The van der Waals surface area contributed by atoms with Crippen LogP contribution in [0.15, 0.2) is 24.3 Å². The zero-order valence-corrected chi connectivity index (χ0v) is 11.7. The standard InChI is InChI=1S/C16H21N3/c1-3-5-15-14-10-11-17-16(14)19(18-15)13-8-6-12(4-2)7-9-13/h6-9,17H,3-5,10-11H2,1-2H3.